The van der Waals surface area contributed by atoms with Crippen molar-refractivity contribution < 1.29 is 4.74 Å². The van der Waals surface area contributed by atoms with Crippen LogP contribution in [-0.2, 0) is 0 Å². The van der Waals surface area contributed by atoms with Crippen molar-refractivity contribution in [2.45, 2.75) is 20.3 Å². The predicted octanol–water partition coefficient (Wildman–Crippen LogP) is 2.19. The molecule has 1 aromatic rings. The summed E-state index contributed by atoms with van der Waals surface area (Å²) < 4.78 is 5.32. The molecule has 0 aliphatic carbocycles. The highest BCUT2D eigenvalue weighted by molar-refractivity contribution is 5.80. The van der Waals surface area contributed by atoms with Crippen LogP contribution < -0.4 is 15.0 Å². The Hall–Kier alpha value is -1.91. The summed E-state index contributed by atoms with van der Waals surface area (Å²) in [4.78, 5) is 9.44. The molecule has 1 N–H and O–H groups in total. The van der Waals surface area contributed by atoms with E-state index in [1.54, 1.807) is 7.11 Å². The third-order valence-corrected chi connectivity index (χ3v) is 3.82. The van der Waals surface area contributed by atoms with Gasteiger partial charge in [0.15, 0.2) is 5.96 Å². The van der Waals surface area contributed by atoms with Gasteiger partial charge in [-0.1, -0.05) is 13.0 Å². The summed E-state index contributed by atoms with van der Waals surface area (Å²) in [6.45, 7) is 10.1. The van der Waals surface area contributed by atoms with Crippen LogP contribution in [0.15, 0.2) is 29.3 Å². The van der Waals surface area contributed by atoms with Gasteiger partial charge in [0.05, 0.1) is 7.11 Å². The number of anilines is 1. The summed E-state index contributed by atoms with van der Waals surface area (Å²) in [6.07, 6.45) is 1.08. The number of methoxy groups -OCH3 is 1. The Morgan fingerprint density at radius 3 is 2.64 bits per heavy atom. The lowest BCUT2D eigenvalue weighted by Gasteiger charge is -2.37. The third kappa shape index (κ3) is 4.29. The second-order valence-electron chi connectivity index (χ2n) is 5.41. The first kappa shape index (κ1) is 16.5. The summed E-state index contributed by atoms with van der Waals surface area (Å²) in [5.74, 6) is 1.97. The van der Waals surface area contributed by atoms with Gasteiger partial charge in [-0.3, -0.25) is 4.99 Å². The van der Waals surface area contributed by atoms with Gasteiger partial charge in [0, 0.05) is 51.0 Å². The number of guanidine groups is 1. The van der Waals surface area contributed by atoms with E-state index in [2.05, 4.69) is 46.1 Å². The van der Waals surface area contributed by atoms with Crippen molar-refractivity contribution in [2.24, 2.45) is 4.99 Å². The first-order chi connectivity index (χ1) is 10.8. The van der Waals surface area contributed by atoms with Gasteiger partial charge in [0.25, 0.3) is 0 Å². The lowest BCUT2D eigenvalue weighted by Crippen LogP contribution is -2.52. The van der Waals surface area contributed by atoms with Crippen molar-refractivity contribution in [1.82, 2.24) is 10.2 Å². The van der Waals surface area contributed by atoms with Gasteiger partial charge >= 0.3 is 0 Å². The van der Waals surface area contributed by atoms with Crippen molar-refractivity contribution in [2.75, 3.05) is 51.3 Å². The molecule has 0 bridgehead atoms. The van der Waals surface area contributed by atoms with E-state index >= 15 is 0 Å². The molecule has 0 saturated carbocycles. The third-order valence-electron chi connectivity index (χ3n) is 3.82. The van der Waals surface area contributed by atoms with Crippen molar-refractivity contribution >= 4 is 11.6 Å². The average Bonchev–Trinajstić information content (AvgIpc) is 2.59. The highest BCUT2D eigenvalue weighted by Crippen LogP contribution is 2.22. The largest absolute Gasteiger partial charge is 0.497 e. The number of benzene rings is 1. The Morgan fingerprint density at radius 2 is 2.00 bits per heavy atom. The number of piperazine rings is 1. The van der Waals surface area contributed by atoms with Crippen LogP contribution in [0, 0.1) is 0 Å². The molecule has 0 unspecified atom stereocenters. The standard InChI is InChI=1S/C17H28N4O/c1-4-9-19-17(18-5-2)21-12-10-20(11-13-21)15-7-6-8-16(14-15)22-3/h6-8,14H,4-5,9-13H2,1-3H3,(H,18,19). The number of hydrogen-bond donors (Lipinski definition) is 1. The van der Waals surface area contributed by atoms with E-state index < -0.39 is 0 Å². The molecule has 122 valence electrons. The summed E-state index contributed by atoms with van der Waals surface area (Å²) in [5.41, 5.74) is 1.23. The summed E-state index contributed by atoms with van der Waals surface area (Å²) >= 11 is 0. The second-order valence-corrected chi connectivity index (χ2v) is 5.41. The Labute approximate surface area is 134 Å². The van der Waals surface area contributed by atoms with E-state index in [0.29, 0.717) is 0 Å². The van der Waals surface area contributed by atoms with Crippen LogP contribution >= 0.6 is 0 Å². The summed E-state index contributed by atoms with van der Waals surface area (Å²) in [7, 11) is 1.71. The molecule has 5 heteroatoms. The van der Waals surface area contributed by atoms with Crippen LogP contribution in [0.25, 0.3) is 0 Å². The zero-order valence-corrected chi connectivity index (χ0v) is 14.0. The van der Waals surface area contributed by atoms with Crippen LogP contribution in [0.3, 0.4) is 0 Å². The molecule has 0 atom stereocenters. The van der Waals surface area contributed by atoms with Gasteiger partial charge in [0.2, 0.25) is 0 Å². The molecule has 0 aromatic heterocycles. The van der Waals surface area contributed by atoms with Crippen LogP contribution in [-0.4, -0.2) is 57.2 Å². The fourth-order valence-corrected chi connectivity index (χ4v) is 2.63. The molecule has 1 saturated heterocycles. The van der Waals surface area contributed by atoms with E-state index in [9.17, 15) is 0 Å². The molecule has 1 aliphatic heterocycles. The Kier molecular flexibility index (Phi) is 6.37. The topological polar surface area (TPSA) is 40.1 Å². The average molecular weight is 304 g/mol. The van der Waals surface area contributed by atoms with Crippen LogP contribution in [0.5, 0.6) is 5.75 Å². The molecule has 0 radical (unpaired) electrons. The smallest absolute Gasteiger partial charge is 0.194 e. The number of hydrogen-bond acceptors (Lipinski definition) is 3. The highest BCUT2D eigenvalue weighted by Gasteiger charge is 2.19. The van der Waals surface area contributed by atoms with Gasteiger partial charge in [-0.2, -0.15) is 0 Å². The SMILES string of the molecule is CCCN=C(NCC)N1CCN(c2cccc(OC)c2)CC1. The first-order valence-corrected chi connectivity index (χ1v) is 8.20. The minimum atomic E-state index is 0.887. The molecule has 0 spiro atoms. The van der Waals surface area contributed by atoms with E-state index in [1.165, 1.54) is 5.69 Å². The monoisotopic (exact) mass is 304 g/mol. The molecule has 22 heavy (non-hydrogen) atoms. The van der Waals surface area contributed by atoms with E-state index in [-0.39, 0.29) is 0 Å². The molecule has 1 fully saturated rings. The summed E-state index contributed by atoms with van der Waals surface area (Å²) in [5, 5.41) is 3.40. The van der Waals surface area contributed by atoms with Gasteiger partial charge in [0.1, 0.15) is 5.75 Å². The molecule has 1 aromatic carbocycles. The Bertz CT molecular complexity index is 481. The van der Waals surface area contributed by atoms with E-state index in [1.807, 2.05) is 12.1 Å². The van der Waals surface area contributed by atoms with Crippen LogP contribution in [0.4, 0.5) is 5.69 Å². The van der Waals surface area contributed by atoms with Crippen molar-refractivity contribution in [3.63, 3.8) is 0 Å². The Morgan fingerprint density at radius 1 is 1.23 bits per heavy atom. The van der Waals surface area contributed by atoms with Gasteiger partial charge in [-0.05, 0) is 25.5 Å². The van der Waals surface area contributed by atoms with Crippen LogP contribution in [0.1, 0.15) is 20.3 Å². The molecule has 2 rings (SSSR count). The zero-order chi connectivity index (χ0) is 15.8. The minimum Gasteiger partial charge on any atom is -0.497 e. The van der Waals surface area contributed by atoms with E-state index in [0.717, 1.165) is 57.4 Å². The Balaban J connectivity index is 1.96. The fourth-order valence-electron chi connectivity index (χ4n) is 2.63. The number of rotatable bonds is 5. The molecular weight excluding hydrogens is 276 g/mol. The maximum atomic E-state index is 5.32. The number of nitrogens with one attached hydrogen (secondary N) is 1. The number of nitrogens with zero attached hydrogens (tertiary/aromatic N) is 3. The predicted molar refractivity (Wildman–Crippen MR) is 93.0 cm³/mol. The van der Waals surface area contributed by atoms with Gasteiger partial charge in [-0.25, -0.2) is 0 Å². The van der Waals surface area contributed by atoms with E-state index in [4.69, 9.17) is 4.74 Å². The van der Waals surface area contributed by atoms with Gasteiger partial charge in [-0.15, -0.1) is 0 Å². The maximum Gasteiger partial charge on any atom is 0.194 e. The molecule has 1 heterocycles. The van der Waals surface area contributed by atoms with Crippen molar-refractivity contribution in [3.05, 3.63) is 24.3 Å². The number of ether oxygens (including phenoxy) is 1. The maximum absolute atomic E-state index is 5.32. The quantitative estimate of drug-likeness (QED) is 0.669. The van der Waals surface area contributed by atoms with Crippen LogP contribution in [0.2, 0.25) is 0 Å². The lowest BCUT2D eigenvalue weighted by molar-refractivity contribution is 0.372. The van der Waals surface area contributed by atoms with Gasteiger partial charge < -0.3 is 19.9 Å². The minimum absolute atomic E-state index is 0.887. The zero-order valence-electron chi connectivity index (χ0n) is 14.0. The molecular formula is C17H28N4O. The molecule has 1 aliphatic rings. The normalized spacial score (nSPS) is 15.9. The summed E-state index contributed by atoms with van der Waals surface area (Å²) in [6, 6.07) is 8.29. The lowest BCUT2D eigenvalue weighted by atomic mass is 10.2. The highest BCUT2D eigenvalue weighted by atomic mass is 16.5. The fraction of sp³-hybridized carbons (Fsp3) is 0.588. The molecule has 5 nitrogen and oxygen atoms in total. The number of aliphatic imine (C=N–C) groups is 1. The first-order valence-electron chi connectivity index (χ1n) is 8.20. The molecule has 0 amide bonds. The van der Waals surface area contributed by atoms with Crippen molar-refractivity contribution in [3.8, 4) is 5.75 Å². The second kappa shape index (κ2) is 8.51. The van der Waals surface area contributed by atoms with Crippen molar-refractivity contribution in [1.29, 1.82) is 0 Å².